The summed E-state index contributed by atoms with van der Waals surface area (Å²) in [6, 6.07) is 0. The maximum absolute atomic E-state index is 11.5. The van der Waals surface area contributed by atoms with E-state index in [4.69, 9.17) is 5.73 Å². The van der Waals surface area contributed by atoms with E-state index in [2.05, 4.69) is 11.9 Å². The first-order valence-corrected chi connectivity index (χ1v) is 5.93. The van der Waals surface area contributed by atoms with E-state index in [1.165, 1.54) is 0 Å². The summed E-state index contributed by atoms with van der Waals surface area (Å²) in [5.74, 6) is -0.395. The van der Waals surface area contributed by atoms with Gasteiger partial charge in [0.05, 0.1) is 13.1 Å². The van der Waals surface area contributed by atoms with Crippen LogP contribution in [0, 0.1) is 0 Å². The molecule has 0 aromatic rings. The fraction of sp³-hybridized carbons (Fsp3) is 0.667. The van der Waals surface area contributed by atoms with Crippen molar-refractivity contribution < 1.29 is 9.59 Å². The second-order valence-corrected chi connectivity index (χ2v) is 3.93. The molecule has 3 N–H and O–H groups in total. The van der Waals surface area contributed by atoms with Crippen molar-refractivity contribution in [2.75, 3.05) is 26.7 Å². The number of unbranched alkanes of at least 4 members (excludes halogenated alkanes) is 3. The van der Waals surface area contributed by atoms with Gasteiger partial charge in [0.2, 0.25) is 11.8 Å². The summed E-state index contributed by atoms with van der Waals surface area (Å²) in [5, 5.41) is 2.46. The molecular weight excluding hydrogens is 254 g/mol. The summed E-state index contributed by atoms with van der Waals surface area (Å²) in [6.45, 7) is 4.31. The highest BCUT2D eigenvalue weighted by Gasteiger charge is 2.08. The SMILES string of the molecule is C=CCCCCCN(C)C(=O)CNC(=O)CN.Cl. The number of allylic oxidation sites excluding steroid dienone is 1. The number of halogens is 1. The predicted molar refractivity (Wildman–Crippen MR) is 75.6 cm³/mol. The van der Waals surface area contributed by atoms with Crippen LogP contribution < -0.4 is 11.1 Å². The molecule has 2 amide bonds. The second-order valence-electron chi connectivity index (χ2n) is 3.93. The van der Waals surface area contributed by atoms with E-state index in [9.17, 15) is 9.59 Å². The summed E-state index contributed by atoms with van der Waals surface area (Å²) in [4.78, 5) is 24.0. The summed E-state index contributed by atoms with van der Waals surface area (Å²) in [5.41, 5.74) is 5.12. The van der Waals surface area contributed by atoms with E-state index in [1.54, 1.807) is 11.9 Å². The van der Waals surface area contributed by atoms with Crippen LogP contribution in [0.15, 0.2) is 12.7 Å². The number of nitrogens with one attached hydrogen (secondary N) is 1. The third-order valence-corrected chi connectivity index (χ3v) is 2.45. The Balaban J connectivity index is 0. The van der Waals surface area contributed by atoms with Crippen LogP contribution in [0.3, 0.4) is 0 Å². The number of likely N-dealkylation sites (N-methyl/N-ethyl adjacent to an activating group) is 1. The number of nitrogens with zero attached hydrogens (tertiary/aromatic N) is 1. The number of nitrogens with two attached hydrogens (primary N) is 1. The monoisotopic (exact) mass is 277 g/mol. The van der Waals surface area contributed by atoms with Gasteiger partial charge in [0.25, 0.3) is 0 Å². The molecule has 0 aliphatic rings. The summed E-state index contributed by atoms with van der Waals surface area (Å²) in [6.07, 6.45) is 6.08. The van der Waals surface area contributed by atoms with E-state index >= 15 is 0 Å². The lowest BCUT2D eigenvalue weighted by Gasteiger charge is -2.17. The average molecular weight is 278 g/mol. The Morgan fingerprint density at radius 1 is 1.33 bits per heavy atom. The molecule has 0 saturated carbocycles. The van der Waals surface area contributed by atoms with Crippen LogP contribution in [0.1, 0.15) is 25.7 Å². The van der Waals surface area contributed by atoms with Crippen LogP contribution >= 0.6 is 12.4 Å². The molecule has 6 heteroatoms. The van der Waals surface area contributed by atoms with E-state index in [0.717, 1.165) is 25.7 Å². The van der Waals surface area contributed by atoms with E-state index in [1.807, 2.05) is 6.08 Å². The second kappa shape index (κ2) is 12.4. The minimum absolute atomic E-state index is 0. The van der Waals surface area contributed by atoms with E-state index in [0.29, 0.717) is 6.54 Å². The number of carbonyl (C=O) groups excluding carboxylic acids is 2. The highest BCUT2D eigenvalue weighted by Crippen LogP contribution is 2.01. The predicted octanol–water partition coefficient (Wildman–Crippen LogP) is 0.688. The van der Waals surface area contributed by atoms with Crippen molar-refractivity contribution in [3.63, 3.8) is 0 Å². The van der Waals surface area contributed by atoms with Gasteiger partial charge in [-0.15, -0.1) is 19.0 Å². The Morgan fingerprint density at radius 2 is 2.00 bits per heavy atom. The van der Waals surface area contributed by atoms with Gasteiger partial charge in [0.1, 0.15) is 0 Å². The van der Waals surface area contributed by atoms with Crippen LogP contribution in [-0.2, 0) is 9.59 Å². The zero-order valence-corrected chi connectivity index (χ0v) is 11.8. The molecule has 5 nitrogen and oxygen atoms in total. The molecule has 0 atom stereocenters. The number of hydrogen-bond acceptors (Lipinski definition) is 3. The normalized spacial score (nSPS) is 9.22. The molecule has 0 radical (unpaired) electrons. The van der Waals surface area contributed by atoms with Crippen molar-refractivity contribution in [2.45, 2.75) is 25.7 Å². The minimum atomic E-state index is -0.308. The zero-order chi connectivity index (χ0) is 13.1. The van der Waals surface area contributed by atoms with Gasteiger partial charge in [-0.05, 0) is 19.3 Å². The van der Waals surface area contributed by atoms with Crippen LogP contribution in [-0.4, -0.2) is 43.4 Å². The summed E-state index contributed by atoms with van der Waals surface area (Å²) < 4.78 is 0. The summed E-state index contributed by atoms with van der Waals surface area (Å²) >= 11 is 0. The van der Waals surface area contributed by atoms with Crippen molar-refractivity contribution >= 4 is 24.2 Å². The van der Waals surface area contributed by atoms with Crippen molar-refractivity contribution in [3.05, 3.63) is 12.7 Å². The van der Waals surface area contributed by atoms with Crippen LogP contribution in [0.4, 0.5) is 0 Å². The molecule has 0 bridgehead atoms. The smallest absolute Gasteiger partial charge is 0.241 e. The molecule has 0 unspecified atom stereocenters. The van der Waals surface area contributed by atoms with Crippen molar-refractivity contribution in [1.82, 2.24) is 10.2 Å². The lowest BCUT2D eigenvalue weighted by molar-refractivity contribution is -0.131. The molecule has 0 fully saturated rings. The van der Waals surface area contributed by atoms with Gasteiger partial charge in [0.15, 0.2) is 0 Å². The minimum Gasteiger partial charge on any atom is -0.346 e. The largest absolute Gasteiger partial charge is 0.346 e. The fourth-order valence-electron chi connectivity index (χ4n) is 1.32. The Kier molecular flexibility index (Phi) is 13.3. The first-order chi connectivity index (χ1) is 8.11. The van der Waals surface area contributed by atoms with Crippen molar-refractivity contribution in [3.8, 4) is 0 Å². The lowest BCUT2D eigenvalue weighted by atomic mass is 10.2. The van der Waals surface area contributed by atoms with Gasteiger partial charge >= 0.3 is 0 Å². The van der Waals surface area contributed by atoms with Crippen LogP contribution in [0.5, 0.6) is 0 Å². The molecule has 0 aromatic heterocycles. The Morgan fingerprint density at radius 3 is 2.56 bits per heavy atom. The molecule has 0 saturated heterocycles. The van der Waals surface area contributed by atoms with Crippen molar-refractivity contribution in [1.29, 1.82) is 0 Å². The van der Waals surface area contributed by atoms with E-state index < -0.39 is 0 Å². The molecular formula is C12H24ClN3O2. The summed E-state index contributed by atoms with van der Waals surface area (Å²) in [7, 11) is 1.74. The van der Waals surface area contributed by atoms with Gasteiger partial charge in [-0.2, -0.15) is 0 Å². The first-order valence-electron chi connectivity index (χ1n) is 5.93. The fourth-order valence-corrected chi connectivity index (χ4v) is 1.32. The molecule has 0 aliphatic heterocycles. The molecule has 106 valence electrons. The van der Waals surface area contributed by atoms with Gasteiger partial charge in [-0.25, -0.2) is 0 Å². The number of amides is 2. The Bertz CT molecular complexity index is 260. The Labute approximate surface area is 115 Å². The van der Waals surface area contributed by atoms with Gasteiger partial charge < -0.3 is 16.0 Å². The standard InChI is InChI=1S/C12H23N3O2.ClH/c1-3-4-5-6-7-8-15(2)12(17)10-14-11(16)9-13;/h3H,1,4-10,13H2,2H3,(H,14,16);1H. The number of hydrogen-bond donors (Lipinski definition) is 2. The maximum atomic E-state index is 11.5. The number of rotatable bonds is 9. The topological polar surface area (TPSA) is 75.4 Å². The molecule has 18 heavy (non-hydrogen) atoms. The molecule has 0 rings (SSSR count). The molecule has 0 heterocycles. The van der Waals surface area contributed by atoms with Gasteiger partial charge in [-0.1, -0.05) is 12.5 Å². The zero-order valence-electron chi connectivity index (χ0n) is 11.0. The maximum Gasteiger partial charge on any atom is 0.241 e. The van der Waals surface area contributed by atoms with Crippen LogP contribution in [0.25, 0.3) is 0 Å². The van der Waals surface area contributed by atoms with Gasteiger partial charge in [-0.3, -0.25) is 9.59 Å². The van der Waals surface area contributed by atoms with Crippen LogP contribution in [0.2, 0.25) is 0 Å². The quantitative estimate of drug-likeness (QED) is 0.481. The third-order valence-electron chi connectivity index (χ3n) is 2.45. The van der Waals surface area contributed by atoms with Crippen molar-refractivity contribution in [2.24, 2.45) is 5.73 Å². The molecule has 0 spiro atoms. The lowest BCUT2D eigenvalue weighted by Crippen LogP contribution is -2.40. The molecule has 0 aromatic carbocycles. The highest BCUT2D eigenvalue weighted by atomic mass is 35.5. The van der Waals surface area contributed by atoms with Gasteiger partial charge in [0, 0.05) is 13.6 Å². The first kappa shape index (κ1) is 19.3. The molecule has 0 aliphatic carbocycles. The Hall–Kier alpha value is -1.07. The third kappa shape index (κ3) is 10.1. The highest BCUT2D eigenvalue weighted by molar-refractivity contribution is 5.85. The van der Waals surface area contributed by atoms with E-state index in [-0.39, 0.29) is 37.3 Å². The number of carbonyl (C=O) groups is 2. The average Bonchev–Trinajstić information content (AvgIpc) is 2.34.